The normalized spacial score (nSPS) is 10.9. The molecule has 1 N–H and O–H groups in total. The highest BCUT2D eigenvalue weighted by Gasteiger charge is 2.17. The zero-order valence-electron chi connectivity index (χ0n) is 16.1. The van der Waals surface area contributed by atoms with E-state index in [-0.39, 0.29) is 5.91 Å². The van der Waals surface area contributed by atoms with Gasteiger partial charge < -0.3 is 9.88 Å². The average Bonchev–Trinajstić information content (AvgIpc) is 3.26. The molecule has 4 aromatic rings. The number of amides is 1. The van der Waals surface area contributed by atoms with Gasteiger partial charge in [-0.25, -0.2) is 0 Å². The molecule has 0 spiro atoms. The number of pyridine rings is 1. The number of hydrogen-bond donors (Lipinski definition) is 1. The fourth-order valence-corrected chi connectivity index (χ4v) is 3.58. The molecule has 0 radical (unpaired) electrons. The number of nitrogens with one attached hydrogen (secondary N) is 1. The molecule has 0 aliphatic rings. The minimum atomic E-state index is -0.171. The van der Waals surface area contributed by atoms with E-state index < -0.39 is 0 Å². The highest BCUT2D eigenvalue weighted by molar-refractivity contribution is 6.30. The second-order valence-corrected chi connectivity index (χ2v) is 7.27. The van der Waals surface area contributed by atoms with E-state index in [1.807, 2.05) is 67.1 Å². The maximum atomic E-state index is 12.9. The van der Waals surface area contributed by atoms with Gasteiger partial charge in [-0.3, -0.25) is 14.5 Å². The van der Waals surface area contributed by atoms with Crippen LogP contribution >= 0.6 is 11.6 Å². The van der Waals surface area contributed by atoms with Gasteiger partial charge in [0, 0.05) is 40.7 Å². The Balaban J connectivity index is 1.53. The van der Waals surface area contributed by atoms with Crippen LogP contribution in [0.4, 0.5) is 5.69 Å². The minimum Gasteiger partial charge on any atom is -0.319 e. The van der Waals surface area contributed by atoms with Gasteiger partial charge in [-0.2, -0.15) is 5.10 Å². The summed E-state index contributed by atoms with van der Waals surface area (Å²) >= 11 is 6.13. The van der Waals surface area contributed by atoms with Gasteiger partial charge in [-0.1, -0.05) is 17.7 Å². The lowest BCUT2D eigenvalue weighted by Crippen LogP contribution is -2.12. The summed E-state index contributed by atoms with van der Waals surface area (Å²) in [6, 6.07) is 13.3. The third-order valence-electron chi connectivity index (χ3n) is 4.73. The van der Waals surface area contributed by atoms with Crippen LogP contribution < -0.4 is 5.32 Å². The number of nitrogens with zero attached hydrogens (tertiary/aromatic N) is 4. The fraction of sp³-hybridized carbons (Fsp3) is 0.136. The van der Waals surface area contributed by atoms with Crippen molar-refractivity contribution in [2.75, 3.05) is 5.32 Å². The smallest absolute Gasteiger partial charge is 0.257 e. The first-order valence-electron chi connectivity index (χ1n) is 9.19. The summed E-state index contributed by atoms with van der Waals surface area (Å²) in [7, 11) is 0. The maximum absolute atomic E-state index is 12.9. The second-order valence-electron chi connectivity index (χ2n) is 6.84. The van der Waals surface area contributed by atoms with Crippen molar-refractivity contribution in [3.63, 3.8) is 0 Å². The second kappa shape index (κ2) is 7.93. The number of aryl methyl sites for hydroxylation is 1. The van der Waals surface area contributed by atoms with Gasteiger partial charge >= 0.3 is 0 Å². The van der Waals surface area contributed by atoms with Gasteiger partial charge in [-0.15, -0.1) is 0 Å². The van der Waals surface area contributed by atoms with Gasteiger partial charge in [0.1, 0.15) is 0 Å². The average molecular weight is 406 g/mol. The van der Waals surface area contributed by atoms with Crippen molar-refractivity contribution in [1.29, 1.82) is 0 Å². The molecule has 0 atom stereocenters. The molecule has 0 fully saturated rings. The van der Waals surface area contributed by atoms with Crippen LogP contribution in [0.15, 0.2) is 67.3 Å². The molecule has 0 saturated heterocycles. The molecule has 3 aromatic heterocycles. The predicted octanol–water partition coefficient (Wildman–Crippen LogP) is 4.64. The lowest BCUT2D eigenvalue weighted by molar-refractivity contribution is 0.102. The quantitative estimate of drug-likeness (QED) is 0.526. The molecular weight excluding hydrogens is 386 g/mol. The molecule has 146 valence electrons. The molecule has 4 rings (SSSR count). The van der Waals surface area contributed by atoms with Crippen molar-refractivity contribution < 1.29 is 4.79 Å². The van der Waals surface area contributed by atoms with Crippen LogP contribution in [0.5, 0.6) is 0 Å². The molecule has 7 heteroatoms. The summed E-state index contributed by atoms with van der Waals surface area (Å²) in [5.41, 5.74) is 5.10. The highest BCUT2D eigenvalue weighted by atomic mass is 35.5. The summed E-state index contributed by atoms with van der Waals surface area (Å²) in [5, 5.41) is 7.91. The molecule has 0 aliphatic heterocycles. The van der Waals surface area contributed by atoms with Crippen molar-refractivity contribution in [3.8, 4) is 5.69 Å². The van der Waals surface area contributed by atoms with E-state index in [1.54, 1.807) is 23.3 Å². The lowest BCUT2D eigenvalue weighted by atomic mass is 10.2. The van der Waals surface area contributed by atoms with Gasteiger partial charge in [0.15, 0.2) is 0 Å². The first-order chi connectivity index (χ1) is 14.0. The van der Waals surface area contributed by atoms with Gasteiger partial charge in [-0.05, 0) is 55.8 Å². The summed E-state index contributed by atoms with van der Waals surface area (Å²) in [4.78, 5) is 16.9. The SMILES string of the molecule is Cc1cc(C(=O)Nc2cnn(Cc3ccncc3)c2)c(C)n1-c1cccc(Cl)c1. The van der Waals surface area contributed by atoms with E-state index in [4.69, 9.17) is 11.6 Å². The van der Waals surface area contributed by atoms with Crippen molar-refractivity contribution in [3.05, 3.63) is 94.8 Å². The van der Waals surface area contributed by atoms with Gasteiger partial charge in [0.25, 0.3) is 5.91 Å². The third-order valence-corrected chi connectivity index (χ3v) is 4.96. The first kappa shape index (κ1) is 19.0. The third kappa shape index (κ3) is 4.07. The highest BCUT2D eigenvalue weighted by Crippen LogP contribution is 2.23. The van der Waals surface area contributed by atoms with Crippen LogP contribution in [0, 0.1) is 13.8 Å². The Morgan fingerprint density at radius 2 is 1.93 bits per heavy atom. The van der Waals surface area contributed by atoms with E-state index in [2.05, 4.69) is 15.4 Å². The minimum absolute atomic E-state index is 0.171. The summed E-state index contributed by atoms with van der Waals surface area (Å²) in [6.07, 6.45) is 6.96. The number of carbonyl (C=O) groups is 1. The first-order valence-corrected chi connectivity index (χ1v) is 9.56. The molecular formula is C22H20ClN5O. The van der Waals surface area contributed by atoms with Crippen LogP contribution in [0.25, 0.3) is 5.69 Å². The number of benzene rings is 1. The molecule has 6 nitrogen and oxygen atoms in total. The Morgan fingerprint density at radius 3 is 2.69 bits per heavy atom. The van der Waals surface area contributed by atoms with Gasteiger partial charge in [0.05, 0.1) is 24.0 Å². The van der Waals surface area contributed by atoms with Crippen LogP contribution in [-0.2, 0) is 6.54 Å². The number of hydrogen-bond acceptors (Lipinski definition) is 3. The van der Waals surface area contributed by atoms with E-state index >= 15 is 0 Å². The number of halogens is 1. The number of aromatic nitrogens is 4. The Kier molecular flexibility index (Phi) is 5.18. The molecule has 0 bridgehead atoms. The maximum Gasteiger partial charge on any atom is 0.257 e. The largest absolute Gasteiger partial charge is 0.319 e. The van der Waals surface area contributed by atoms with Crippen molar-refractivity contribution in [2.45, 2.75) is 20.4 Å². The molecule has 29 heavy (non-hydrogen) atoms. The standard InChI is InChI=1S/C22H20ClN5O/c1-15-10-21(16(2)28(15)20-5-3-4-18(23)11-20)22(29)26-19-12-25-27(14-19)13-17-6-8-24-9-7-17/h3-12,14H,13H2,1-2H3,(H,26,29). The summed E-state index contributed by atoms with van der Waals surface area (Å²) in [6.45, 7) is 4.51. The Bertz CT molecular complexity index is 1160. The van der Waals surface area contributed by atoms with E-state index in [1.165, 1.54) is 0 Å². The van der Waals surface area contributed by atoms with Crippen molar-refractivity contribution in [1.82, 2.24) is 19.3 Å². The van der Waals surface area contributed by atoms with Crippen LogP contribution in [0.3, 0.4) is 0 Å². The van der Waals surface area contributed by atoms with Crippen LogP contribution in [0.2, 0.25) is 5.02 Å². The molecule has 1 aromatic carbocycles. The van der Waals surface area contributed by atoms with E-state index in [0.717, 1.165) is 22.6 Å². The molecule has 0 aliphatic carbocycles. The summed E-state index contributed by atoms with van der Waals surface area (Å²) in [5.74, 6) is -0.171. The molecule has 1 amide bonds. The van der Waals surface area contributed by atoms with Crippen LogP contribution in [-0.4, -0.2) is 25.2 Å². The predicted molar refractivity (Wildman–Crippen MR) is 114 cm³/mol. The monoisotopic (exact) mass is 405 g/mol. The zero-order valence-corrected chi connectivity index (χ0v) is 16.9. The Hall–Kier alpha value is -3.38. The topological polar surface area (TPSA) is 64.7 Å². The lowest BCUT2D eigenvalue weighted by Gasteiger charge is -2.10. The van der Waals surface area contributed by atoms with Crippen molar-refractivity contribution in [2.24, 2.45) is 0 Å². The Labute approximate surface area is 173 Å². The number of rotatable bonds is 5. The molecule has 0 saturated carbocycles. The van der Waals surface area contributed by atoms with E-state index in [9.17, 15) is 4.79 Å². The fourth-order valence-electron chi connectivity index (χ4n) is 3.39. The molecule has 0 unspecified atom stereocenters. The molecule has 3 heterocycles. The summed E-state index contributed by atoms with van der Waals surface area (Å²) < 4.78 is 3.80. The zero-order chi connectivity index (χ0) is 20.4. The number of carbonyl (C=O) groups excluding carboxylic acids is 1. The Morgan fingerprint density at radius 1 is 1.14 bits per heavy atom. The van der Waals surface area contributed by atoms with Crippen LogP contribution in [0.1, 0.15) is 27.3 Å². The number of anilines is 1. The van der Waals surface area contributed by atoms with Gasteiger partial charge in [0.2, 0.25) is 0 Å². The van der Waals surface area contributed by atoms with E-state index in [0.29, 0.717) is 22.8 Å². The van der Waals surface area contributed by atoms with Crippen molar-refractivity contribution >= 4 is 23.2 Å².